The van der Waals surface area contributed by atoms with Gasteiger partial charge in [-0.15, -0.1) is 0 Å². The molecule has 106 valence electrons. The van der Waals surface area contributed by atoms with Gasteiger partial charge in [0.25, 0.3) is 9.05 Å². The Bertz CT molecular complexity index is 575. The van der Waals surface area contributed by atoms with Crippen molar-refractivity contribution in [3.63, 3.8) is 0 Å². The summed E-state index contributed by atoms with van der Waals surface area (Å²) in [5.74, 6) is -0.494. The number of nitrogens with zero attached hydrogens (tertiary/aromatic N) is 1. The summed E-state index contributed by atoms with van der Waals surface area (Å²) in [6, 6.07) is 1.47. The van der Waals surface area contributed by atoms with Crippen LogP contribution in [0.3, 0.4) is 0 Å². The van der Waals surface area contributed by atoms with Gasteiger partial charge in [0, 0.05) is 22.9 Å². The van der Waals surface area contributed by atoms with Crippen LogP contribution < -0.4 is 0 Å². The summed E-state index contributed by atoms with van der Waals surface area (Å²) < 4.78 is 29.4. The number of hydrogen-bond donors (Lipinski definition) is 0. The van der Waals surface area contributed by atoms with Crippen molar-refractivity contribution < 1.29 is 17.9 Å². The number of halogens is 1. The smallest absolute Gasteiger partial charge is 0.354 e. The van der Waals surface area contributed by atoms with E-state index in [1.54, 1.807) is 4.57 Å². The first-order valence-electron chi connectivity index (χ1n) is 6.27. The Kier molecular flexibility index (Phi) is 4.20. The molecule has 0 saturated heterocycles. The zero-order chi connectivity index (χ0) is 14.0. The zero-order valence-corrected chi connectivity index (χ0v) is 12.2. The van der Waals surface area contributed by atoms with Crippen LogP contribution in [0.1, 0.15) is 49.1 Å². The molecule has 1 aromatic rings. The van der Waals surface area contributed by atoms with Gasteiger partial charge in [-0.2, -0.15) is 0 Å². The number of aromatic nitrogens is 1. The van der Waals surface area contributed by atoms with Crippen molar-refractivity contribution >= 4 is 25.7 Å². The second kappa shape index (κ2) is 5.54. The molecule has 1 fully saturated rings. The molecule has 1 heterocycles. The number of esters is 1. The highest BCUT2D eigenvalue weighted by Gasteiger charge is 2.30. The minimum Gasteiger partial charge on any atom is -0.461 e. The summed E-state index contributed by atoms with van der Waals surface area (Å²) in [7, 11) is 1.48. The first-order chi connectivity index (χ1) is 8.93. The van der Waals surface area contributed by atoms with Crippen molar-refractivity contribution in [2.75, 3.05) is 6.61 Å². The molecule has 0 aliphatic heterocycles. The molecule has 0 radical (unpaired) electrons. The summed E-state index contributed by atoms with van der Waals surface area (Å²) >= 11 is 0. The Balaban J connectivity index is 2.23. The van der Waals surface area contributed by atoms with Gasteiger partial charge in [0.15, 0.2) is 0 Å². The second-order valence-corrected chi connectivity index (χ2v) is 7.19. The van der Waals surface area contributed by atoms with Gasteiger partial charge in [0.2, 0.25) is 0 Å². The highest BCUT2D eigenvalue weighted by Crippen LogP contribution is 2.37. The third kappa shape index (κ3) is 3.51. The fraction of sp³-hybridized carbons (Fsp3) is 0.583. The van der Waals surface area contributed by atoms with Crippen LogP contribution in [0.2, 0.25) is 0 Å². The average molecular weight is 306 g/mol. The standard InChI is InChI=1S/C12H16ClNO4S/c1-2-3-6-18-12(15)11-7-10(19(13,16)17)8-14(11)9-4-5-9/h7-9H,2-6H2,1H3. The van der Waals surface area contributed by atoms with Crippen LogP contribution in [-0.4, -0.2) is 25.6 Å². The van der Waals surface area contributed by atoms with Gasteiger partial charge in [0.1, 0.15) is 10.6 Å². The third-order valence-electron chi connectivity index (χ3n) is 2.99. The Morgan fingerprint density at radius 3 is 2.74 bits per heavy atom. The van der Waals surface area contributed by atoms with Crippen LogP contribution in [0.5, 0.6) is 0 Å². The average Bonchev–Trinajstić information content (AvgIpc) is 3.06. The summed E-state index contributed by atoms with van der Waals surface area (Å²) in [6.45, 7) is 2.34. The molecule has 1 aliphatic carbocycles. The molecule has 0 aromatic carbocycles. The van der Waals surface area contributed by atoms with Crippen molar-refractivity contribution in [3.05, 3.63) is 18.0 Å². The lowest BCUT2D eigenvalue weighted by molar-refractivity contribution is 0.0487. The Morgan fingerprint density at radius 1 is 1.53 bits per heavy atom. The minimum absolute atomic E-state index is 0.0523. The molecule has 1 aliphatic rings. The number of hydrogen-bond acceptors (Lipinski definition) is 4. The second-order valence-electron chi connectivity index (χ2n) is 4.63. The SMILES string of the molecule is CCCCOC(=O)c1cc(S(=O)(=O)Cl)cn1C1CC1. The molecular weight excluding hydrogens is 290 g/mol. The molecule has 0 N–H and O–H groups in total. The largest absolute Gasteiger partial charge is 0.461 e. The topological polar surface area (TPSA) is 65.4 Å². The van der Waals surface area contributed by atoms with Crippen molar-refractivity contribution in [2.24, 2.45) is 0 Å². The van der Waals surface area contributed by atoms with E-state index in [2.05, 4.69) is 0 Å². The molecule has 1 aromatic heterocycles. The number of carbonyl (C=O) groups is 1. The van der Waals surface area contributed by atoms with E-state index in [1.165, 1.54) is 12.3 Å². The van der Waals surface area contributed by atoms with Crippen LogP contribution in [0.4, 0.5) is 0 Å². The fourth-order valence-corrected chi connectivity index (χ4v) is 2.53. The molecule has 7 heteroatoms. The third-order valence-corrected chi connectivity index (χ3v) is 4.31. The van der Waals surface area contributed by atoms with Crippen LogP contribution >= 0.6 is 10.7 Å². The van der Waals surface area contributed by atoms with Gasteiger partial charge in [-0.05, 0) is 25.3 Å². The highest BCUT2D eigenvalue weighted by atomic mass is 35.7. The molecule has 5 nitrogen and oxygen atoms in total. The van der Waals surface area contributed by atoms with Gasteiger partial charge in [-0.1, -0.05) is 13.3 Å². The molecular formula is C12H16ClNO4S. The first kappa shape index (κ1) is 14.4. The summed E-state index contributed by atoms with van der Waals surface area (Å²) in [4.78, 5) is 11.9. The summed E-state index contributed by atoms with van der Waals surface area (Å²) in [6.07, 6.45) is 5.00. The van der Waals surface area contributed by atoms with Crippen molar-refractivity contribution in [1.82, 2.24) is 4.57 Å². The lowest BCUT2D eigenvalue weighted by Gasteiger charge is -2.07. The maximum Gasteiger partial charge on any atom is 0.354 e. The van der Waals surface area contributed by atoms with E-state index in [9.17, 15) is 13.2 Å². The monoisotopic (exact) mass is 305 g/mol. The lowest BCUT2D eigenvalue weighted by Crippen LogP contribution is -2.11. The molecule has 0 amide bonds. The molecule has 1 saturated carbocycles. The number of rotatable bonds is 6. The molecule has 0 bridgehead atoms. The Morgan fingerprint density at radius 2 is 2.21 bits per heavy atom. The van der Waals surface area contributed by atoms with Crippen LogP contribution in [0.25, 0.3) is 0 Å². The van der Waals surface area contributed by atoms with Crippen LogP contribution in [0, 0.1) is 0 Å². The van der Waals surface area contributed by atoms with Crippen LogP contribution in [-0.2, 0) is 13.8 Å². The van der Waals surface area contributed by atoms with E-state index < -0.39 is 15.0 Å². The van der Waals surface area contributed by atoms with Gasteiger partial charge < -0.3 is 9.30 Å². The van der Waals surface area contributed by atoms with E-state index in [0.29, 0.717) is 6.61 Å². The van der Waals surface area contributed by atoms with Crippen molar-refractivity contribution in [3.8, 4) is 0 Å². The molecule has 19 heavy (non-hydrogen) atoms. The number of ether oxygens (including phenoxy) is 1. The predicted octanol–water partition coefficient (Wildman–Crippen LogP) is 2.71. The number of unbranched alkanes of at least 4 members (excludes halogenated alkanes) is 1. The van der Waals surface area contributed by atoms with Gasteiger partial charge in [-0.25, -0.2) is 13.2 Å². The van der Waals surface area contributed by atoms with Crippen molar-refractivity contribution in [1.29, 1.82) is 0 Å². The normalized spacial score (nSPS) is 15.5. The zero-order valence-electron chi connectivity index (χ0n) is 10.6. The maximum atomic E-state index is 11.9. The van der Waals surface area contributed by atoms with E-state index in [1.807, 2.05) is 6.92 Å². The Hall–Kier alpha value is -1.01. The van der Waals surface area contributed by atoms with E-state index in [-0.39, 0.29) is 16.6 Å². The first-order valence-corrected chi connectivity index (χ1v) is 8.58. The van der Waals surface area contributed by atoms with E-state index >= 15 is 0 Å². The Labute approximate surface area is 116 Å². The predicted molar refractivity (Wildman–Crippen MR) is 70.9 cm³/mol. The number of carbonyl (C=O) groups excluding carboxylic acids is 1. The van der Waals surface area contributed by atoms with E-state index in [4.69, 9.17) is 15.4 Å². The van der Waals surface area contributed by atoms with Crippen LogP contribution in [0.15, 0.2) is 17.2 Å². The van der Waals surface area contributed by atoms with E-state index in [0.717, 1.165) is 25.7 Å². The molecule has 2 rings (SSSR count). The summed E-state index contributed by atoms with van der Waals surface area (Å²) in [5, 5.41) is 0. The quantitative estimate of drug-likeness (QED) is 0.460. The lowest BCUT2D eigenvalue weighted by atomic mass is 10.3. The maximum absolute atomic E-state index is 11.9. The molecule has 0 spiro atoms. The summed E-state index contributed by atoms with van der Waals surface area (Å²) in [5.41, 5.74) is 0.262. The van der Waals surface area contributed by atoms with Gasteiger partial charge >= 0.3 is 5.97 Å². The van der Waals surface area contributed by atoms with Crippen molar-refractivity contribution in [2.45, 2.75) is 43.5 Å². The molecule has 0 atom stereocenters. The molecule has 0 unspecified atom stereocenters. The highest BCUT2D eigenvalue weighted by molar-refractivity contribution is 8.13. The minimum atomic E-state index is -3.83. The van der Waals surface area contributed by atoms with Gasteiger partial charge in [0.05, 0.1) is 6.61 Å². The fourth-order valence-electron chi connectivity index (χ4n) is 1.79. The van der Waals surface area contributed by atoms with Gasteiger partial charge in [-0.3, -0.25) is 0 Å².